The Morgan fingerprint density at radius 3 is 1.27 bits per heavy atom. The van der Waals surface area contributed by atoms with Gasteiger partial charge in [-0.05, 0) is 44.4 Å². The average molecular weight is 192 g/mol. The molecule has 68 valence electrons. The Labute approximate surface area is 74.7 Å². The summed E-state index contributed by atoms with van der Waals surface area (Å²) in [6.07, 6.45) is 1.44. The fourth-order valence-corrected chi connectivity index (χ4v) is 2.56. The van der Waals surface area contributed by atoms with Crippen molar-refractivity contribution in [1.82, 2.24) is 0 Å². The van der Waals surface area contributed by atoms with E-state index in [1.165, 1.54) is 6.42 Å². The summed E-state index contributed by atoms with van der Waals surface area (Å²) in [5.41, 5.74) is 1.93. The third kappa shape index (κ3) is 5.15. The maximum atomic E-state index is 2.40. The summed E-state index contributed by atoms with van der Waals surface area (Å²) in [6, 6.07) is 0. The van der Waals surface area contributed by atoms with Crippen LogP contribution in [0.2, 0.25) is 0 Å². The predicted molar refractivity (Wildman–Crippen MR) is 61.1 cm³/mol. The molecule has 0 fully saturated rings. The first-order valence-electron chi connectivity index (χ1n) is 4.28. The first kappa shape index (κ1) is 11.9. The van der Waals surface area contributed by atoms with Gasteiger partial charge in [-0.3, -0.25) is 0 Å². The van der Waals surface area contributed by atoms with Gasteiger partial charge in [-0.25, -0.2) is 0 Å². The molecule has 0 aromatic heterocycles. The molecule has 0 aromatic rings. The predicted octanol–water partition coefficient (Wildman–Crippen LogP) is 3.64. The van der Waals surface area contributed by atoms with Crippen LogP contribution in [-0.4, -0.2) is 38.0 Å². The Kier molecular flexibility index (Phi) is 5.93. The van der Waals surface area contributed by atoms with Crippen LogP contribution in [0.25, 0.3) is 0 Å². The van der Waals surface area contributed by atoms with Gasteiger partial charge in [0.05, 0.1) is 0 Å². The standard InChI is InChI=1S/C9H22P2/c1-8(10(3)4)7-9(2)11(5)6/h8-9H,7H2,1-6H3/t8-,9+. The Hall–Kier alpha value is 0.860. The molecular weight excluding hydrogens is 170 g/mol. The quantitative estimate of drug-likeness (QED) is 0.596. The van der Waals surface area contributed by atoms with E-state index in [1.54, 1.807) is 0 Å². The van der Waals surface area contributed by atoms with Crippen molar-refractivity contribution in [2.24, 2.45) is 0 Å². The highest BCUT2D eigenvalue weighted by molar-refractivity contribution is 7.57. The van der Waals surface area contributed by atoms with Crippen molar-refractivity contribution < 1.29 is 0 Å². The molecule has 0 unspecified atom stereocenters. The van der Waals surface area contributed by atoms with Crippen LogP contribution in [0, 0.1) is 0 Å². The molecule has 0 N–H and O–H groups in total. The van der Waals surface area contributed by atoms with Crippen molar-refractivity contribution in [2.45, 2.75) is 31.6 Å². The van der Waals surface area contributed by atoms with E-state index in [1.807, 2.05) is 0 Å². The molecule has 0 aliphatic carbocycles. The number of rotatable bonds is 4. The van der Waals surface area contributed by atoms with Crippen LogP contribution in [0.3, 0.4) is 0 Å². The molecule has 0 radical (unpaired) electrons. The summed E-state index contributed by atoms with van der Waals surface area (Å²) in [4.78, 5) is 0. The van der Waals surface area contributed by atoms with Gasteiger partial charge in [-0.2, -0.15) is 0 Å². The molecule has 0 aliphatic rings. The largest absolute Gasteiger partial charge is 0.110 e. The molecule has 0 bridgehead atoms. The monoisotopic (exact) mass is 192 g/mol. The molecule has 0 saturated carbocycles. The SMILES string of the molecule is C[C@H](C[C@H](C)P(C)C)P(C)C. The molecule has 11 heavy (non-hydrogen) atoms. The first-order valence-corrected chi connectivity index (χ1v) is 8.89. The van der Waals surface area contributed by atoms with Gasteiger partial charge in [-0.15, -0.1) is 15.8 Å². The fraction of sp³-hybridized carbons (Fsp3) is 1.00. The Morgan fingerprint density at radius 2 is 1.09 bits per heavy atom. The van der Waals surface area contributed by atoms with E-state index in [-0.39, 0.29) is 0 Å². The molecule has 2 heteroatoms. The van der Waals surface area contributed by atoms with E-state index >= 15 is 0 Å². The summed E-state index contributed by atoms with van der Waals surface area (Å²) in [5.74, 6) is 0. The van der Waals surface area contributed by atoms with Gasteiger partial charge in [0, 0.05) is 0 Å². The van der Waals surface area contributed by atoms with Gasteiger partial charge < -0.3 is 0 Å². The van der Waals surface area contributed by atoms with E-state index < -0.39 is 0 Å². The molecule has 0 amide bonds. The number of hydrogen-bond donors (Lipinski definition) is 0. The van der Waals surface area contributed by atoms with Gasteiger partial charge in [0.25, 0.3) is 0 Å². The van der Waals surface area contributed by atoms with E-state index in [2.05, 4.69) is 40.5 Å². The Bertz CT molecular complexity index is 87.7. The molecule has 0 spiro atoms. The zero-order valence-electron chi connectivity index (χ0n) is 8.76. The summed E-state index contributed by atoms with van der Waals surface area (Å²) in [6.45, 7) is 14.4. The molecule has 0 nitrogen and oxygen atoms in total. The topological polar surface area (TPSA) is 0 Å². The zero-order chi connectivity index (χ0) is 9.02. The minimum Gasteiger partial charge on any atom is -0.110 e. The highest BCUT2D eigenvalue weighted by atomic mass is 31.1. The zero-order valence-corrected chi connectivity index (χ0v) is 10.5. The molecular formula is C9H22P2. The molecule has 0 rings (SSSR count). The van der Waals surface area contributed by atoms with Crippen LogP contribution in [-0.2, 0) is 0 Å². The Morgan fingerprint density at radius 1 is 0.818 bits per heavy atom. The van der Waals surface area contributed by atoms with Crippen LogP contribution in [0.1, 0.15) is 20.3 Å². The van der Waals surface area contributed by atoms with Crippen molar-refractivity contribution in [2.75, 3.05) is 26.7 Å². The fourth-order valence-electron chi connectivity index (χ4n) is 0.915. The van der Waals surface area contributed by atoms with Crippen LogP contribution in [0.5, 0.6) is 0 Å². The van der Waals surface area contributed by atoms with Crippen LogP contribution >= 0.6 is 15.8 Å². The van der Waals surface area contributed by atoms with E-state index in [0.717, 1.165) is 11.3 Å². The van der Waals surface area contributed by atoms with Crippen molar-refractivity contribution >= 4 is 15.8 Å². The van der Waals surface area contributed by atoms with Gasteiger partial charge >= 0.3 is 0 Å². The smallest absolute Gasteiger partial charge is 0.0237 e. The van der Waals surface area contributed by atoms with E-state index in [4.69, 9.17) is 0 Å². The summed E-state index contributed by atoms with van der Waals surface area (Å²) >= 11 is 0. The summed E-state index contributed by atoms with van der Waals surface area (Å²) in [7, 11) is 0.583. The summed E-state index contributed by atoms with van der Waals surface area (Å²) in [5, 5.41) is 0. The second-order valence-corrected chi connectivity index (χ2v) is 9.48. The average Bonchev–Trinajstić information content (AvgIpc) is 1.87. The third-order valence-electron chi connectivity index (χ3n) is 2.45. The second-order valence-electron chi connectivity index (χ2n) is 3.86. The maximum absolute atomic E-state index is 2.40. The minimum absolute atomic E-state index is 0.291. The van der Waals surface area contributed by atoms with Crippen molar-refractivity contribution in [3.63, 3.8) is 0 Å². The molecule has 0 aliphatic heterocycles. The molecule has 0 aromatic carbocycles. The lowest BCUT2D eigenvalue weighted by atomic mass is 10.3. The lowest BCUT2D eigenvalue weighted by Crippen LogP contribution is -2.08. The van der Waals surface area contributed by atoms with Crippen LogP contribution in [0.4, 0.5) is 0 Å². The van der Waals surface area contributed by atoms with Crippen molar-refractivity contribution in [3.05, 3.63) is 0 Å². The third-order valence-corrected chi connectivity index (χ3v) is 6.39. The minimum atomic E-state index is 0.291. The maximum Gasteiger partial charge on any atom is -0.0237 e. The second kappa shape index (κ2) is 5.50. The highest BCUT2D eigenvalue weighted by Gasteiger charge is 2.13. The number of hydrogen-bond acceptors (Lipinski definition) is 0. The van der Waals surface area contributed by atoms with Gasteiger partial charge in [0.2, 0.25) is 0 Å². The normalized spacial score (nSPS) is 17.5. The van der Waals surface area contributed by atoms with Gasteiger partial charge in [0.1, 0.15) is 0 Å². The lowest BCUT2D eigenvalue weighted by molar-refractivity contribution is 0.788. The highest BCUT2D eigenvalue weighted by Crippen LogP contribution is 2.41. The van der Waals surface area contributed by atoms with Crippen molar-refractivity contribution in [1.29, 1.82) is 0 Å². The molecule has 0 heterocycles. The van der Waals surface area contributed by atoms with E-state index in [9.17, 15) is 0 Å². The van der Waals surface area contributed by atoms with Crippen LogP contribution < -0.4 is 0 Å². The Balaban J connectivity index is 3.66. The lowest BCUT2D eigenvalue weighted by Gasteiger charge is -2.23. The summed E-state index contributed by atoms with van der Waals surface area (Å²) < 4.78 is 0. The first-order chi connectivity index (χ1) is 4.95. The van der Waals surface area contributed by atoms with Gasteiger partial charge in [-0.1, -0.05) is 13.8 Å². The molecule has 2 atom stereocenters. The van der Waals surface area contributed by atoms with Crippen molar-refractivity contribution in [3.8, 4) is 0 Å². The van der Waals surface area contributed by atoms with Crippen LogP contribution in [0.15, 0.2) is 0 Å². The molecule has 0 saturated heterocycles. The van der Waals surface area contributed by atoms with Gasteiger partial charge in [0.15, 0.2) is 0 Å². The van der Waals surface area contributed by atoms with E-state index in [0.29, 0.717) is 15.8 Å².